The SMILES string of the molecule is [N]S(=O)(=O)Oc1ccccc1. The third kappa shape index (κ3) is 3.01. The number of hydrogen-bond donors (Lipinski definition) is 0. The molecule has 0 saturated heterocycles. The molecular formula is C6H5NO3S. The first-order chi connectivity index (χ1) is 5.08. The number of para-hydroxylation sites is 1. The highest BCUT2D eigenvalue weighted by Crippen LogP contribution is 2.09. The maximum Gasteiger partial charge on any atom is 0.416 e. The van der Waals surface area contributed by atoms with Crippen LogP contribution in [0.1, 0.15) is 0 Å². The molecule has 0 aliphatic rings. The van der Waals surface area contributed by atoms with E-state index in [1.165, 1.54) is 12.1 Å². The van der Waals surface area contributed by atoms with Crippen LogP contribution in [0.25, 0.3) is 0 Å². The van der Waals surface area contributed by atoms with E-state index in [1.54, 1.807) is 18.2 Å². The van der Waals surface area contributed by atoms with E-state index in [2.05, 4.69) is 4.18 Å². The fraction of sp³-hybridized carbons (Fsp3) is 0. The average Bonchev–Trinajstić information content (AvgIpc) is 1.85. The summed E-state index contributed by atoms with van der Waals surface area (Å²) < 4.78 is 24.4. The molecule has 2 radical (unpaired) electrons. The van der Waals surface area contributed by atoms with E-state index in [0.29, 0.717) is 0 Å². The lowest BCUT2D eigenvalue weighted by Gasteiger charge is -1.97. The second-order valence-corrected chi connectivity index (χ2v) is 2.85. The Morgan fingerprint density at radius 3 is 2.18 bits per heavy atom. The van der Waals surface area contributed by atoms with E-state index in [9.17, 15) is 8.42 Å². The fourth-order valence-electron chi connectivity index (χ4n) is 0.598. The first kappa shape index (κ1) is 8.03. The minimum absolute atomic E-state index is 0.0926. The van der Waals surface area contributed by atoms with Gasteiger partial charge in [0.15, 0.2) is 0 Å². The summed E-state index contributed by atoms with van der Waals surface area (Å²) in [5.41, 5.74) is 0. The van der Waals surface area contributed by atoms with Crippen molar-refractivity contribution in [3.8, 4) is 5.75 Å². The van der Waals surface area contributed by atoms with E-state index in [1.807, 2.05) is 0 Å². The monoisotopic (exact) mass is 171 g/mol. The first-order valence-electron chi connectivity index (χ1n) is 2.80. The van der Waals surface area contributed by atoms with Crippen LogP contribution in [0, 0.1) is 0 Å². The molecule has 0 aliphatic carbocycles. The van der Waals surface area contributed by atoms with Crippen LogP contribution < -0.4 is 9.32 Å². The Balaban J connectivity index is 2.82. The Labute approximate surface area is 64.9 Å². The van der Waals surface area contributed by atoms with Gasteiger partial charge < -0.3 is 4.18 Å². The molecule has 1 rings (SSSR count). The highest BCUT2D eigenvalue weighted by Gasteiger charge is 2.05. The minimum atomic E-state index is -4.38. The van der Waals surface area contributed by atoms with Crippen molar-refractivity contribution in [2.75, 3.05) is 0 Å². The van der Waals surface area contributed by atoms with Gasteiger partial charge in [-0.3, -0.25) is 0 Å². The minimum Gasteiger partial charge on any atom is -0.369 e. The topological polar surface area (TPSA) is 65.7 Å². The maximum absolute atomic E-state index is 10.1. The van der Waals surface area contributed by atoms with Crippen LogP contribution in [0.3, 0.4) is 0 Å². The summed E-state index contributed by atoms with van der Waals surface area (Å²) in [5, 5.41) is 8.22. The van der Waals surface area contributed by atoms with Crippen LogP contribution in [0.4, 0.5) is 0 Å². The Morgan fingerprint density at radius 1 is 1.18 bits per heavy atom. The standard InChI is InChI=1S/C6H5NO3S/c7-11(8,9)10-6-4-2-1-3-5-6/h1-5H. The number of benzene rings is 1. The van der Waals surface area contributed by atoms with Gasteiger partial charge in [-0.1, -0.05) is 18.2 Å². The second kappa shape index (κ2) is 2.89. The molecule has 0 fully saturated rings. The fourth-order valence-corrected chi connectivity index (χ4v) is 0.952. The molecule has 5 heteroatoms. The van der Waals surface area contributed by atoms with Crippen LogP contribution in [-0.4, -0.2) is 8.42 Å². The van der Waals surface area contributed by atoms with Crippen molar-refractivity contribution < 1.29 is 12.6 Å². The zero-order valence-electron chi connectivity index (χ0n) is 5.47. The van der Waals surface area contributed by atoms with Gasteiger partial charge in [0.2, 0.25) is 0 Å². The van der Waals surface area contributed by atoms with Gasteiger partial charge in [-0.05, 0) is 12.1 Å². The molecule has 0 saturated carbocycles. The summed E-state index contributed by atoms with van der Waals surface area (Å²) in [6.45, 7) is 0. The van der Waals surface area contributed by atoms with Crippen LogP contribution in [0.5, 0.6) is 5.75 Å². The Hall–Kier alpha value is -1.07. The normalized spacial score (nSPS) is 11.0. The summed E-state index contributed by atoms with van der Waals surface area (Å²) in [5.74, 6) is 0.0926. The van der Waals surface area contributed by atoms with Crippen LogP contribution in [0.2, 0.25) is 0 Å². The molecular weight excluding hydrogens is 166 g/mol. The Morgan fingerprint density at radius 2 is 1.73 bits per heavy atom. The van der Waals surface area contributed by atoms with E-state index in [4.69, 9.17) is 5.14 Å². The number of rotatable bonds is 2. The Kier molecular flexibility index (Phi) is 2.11. The zero-order chi connectivity index (χ0) is 8.32. The zero-order valence-corrected chi connectivity index (χ0v) is 6.28. The van der Waals surface area contributed by atoms with Gasteiger partial charge >= 0.3 is 10.3 Å². The summed E-state index contributed by atoms with van der Waals surface area (Å²) >= 11 is 0. The third-order valence-corrected chi connectivity index (χ3v) is 1.35. The van der Waals surface area contributed by atoms with Crippen molar-refractivity contribution >= 4 is 10.3 Å². The van der Waals surface area contributed by atoms with Gasteiger partial charge in [0.05, 0.1) is 0 Å². The lowest BCUT2D eigenvalue weighted by molar-refractivity contribution is 0.486. The molecule has 11 heavy (non-hydrogen) atoms. The van der Waals surface area contributed by atoms with Crippen molar-refractivity contribution in [2.45, 2.75) is 0 Å². The molecule has 0 spiro atoms. The van der Waals surface area contributed by atoms with Crippen LogP contribution in [0.15, 0.2) is 30.3 Å². The highest BCUT2D eigenvalue weighted by atomic mass is 32.2. The average molecular weight is 171 g/mol. The van der Waals surface area contributed by atoms with Crippen molar-refractivity contribution in [1.82, 2.24) is 5.14 Å². The molecule has 0 atom stereocenters. The van der Waals surface area contributed by atoms with Gasteiger partial charge in [0.25, 0.3) is 0 Å². The summed E-state index contributed by atoms with van der Waals surface area (Å²) in [6.07, 6.45) is 0. The summed E-state index contributed by atoms with van der Waals surface area (Å²) in [4.78, 5) is 0. The molecule has 0 bridgehead atoms. The molecule has 1 aromatic carbocycles. The smallest absolute Gasteiger partial charge is 0.369 e. The molecule has 0 N–H and O–H groups in total. The molecule has 58 valence electrons. The molecule has 0 heterocycles. The second-order valence-electron chi connectivity index (χ2n) is 1.82. The van der Waals surface area contributed by atoms with Gasteiger partial charge in [0, 0.05) is 5.14 Å². The molecule has 0 aliphatic heterocycles. The highest BCUT2D eigenvalue weighted by molar-refractivity contribution is 7.84. The van der Waals surface area contributed by atoms with Crippen molar-refractivity contribution in [3.63, 3.8) is 0 Å². The lowest BCUT2D eigenvalue weighted by atomic mass is 10.3. The first-order valence-corrected chi connectivity index (χ1v) is 4.16. The van der Waals surface area contributed by atoms with E-state index in [0.717, 1.165) is 0 Å². The lowest BCUT2D eigenvalue weighted by Crippen LogP contribution is -2.08. The molecule has 0 amide bonds. The van der Waals surface area contributed by atoms with Crippen LogP contribution in [-0.2, 0) is 10.3 Å². The van der Waals surface area contributed by atoms with Gasteiger partial charge in [-0.25, -0.2) is 0 Å². The molecule has 1 aromatic rings. The predicted octanol–water partition coefficient (Wildman–Crippen LogP) is 0.379. The Bertz CT molecular complexity index is 319. The van der Waals surface area contributed by atoms with Gasteiger partial charge in [-0.15, -0.1) is 0 Å². The van der Waals surface area contributed by atoms with Crippen molar-refractivity contribution in [3.05, 3.63) is 30.3 Å². The van der Waals surface area contributed by atoms with E-state index in [-0.39, 0.29) is 5.75 Å². The van der Waals surface area contributed by atoms with Crippen LogP contribution >= 0.6 is 0 Å². The van der Waals surface area contributed by atoms with Gasteiger partial charge in [-0.2, -0.15) is 8.42 Å². The predicted molar refractivity (Wildman–Crippen MR) is 38.1 cm³/mol. The summed E-state index contributed by atoms with van der Waals surface area (Å²) in [6, 6.07) is 7.75. The largest absolute Gasteiger partial charge is 0.416 e. The van der Waals surface area contributed by atoms with Crippen molar-refractivity contribution in [2.24, 2.45) is 0 Å². The van der Waals surface area contributed by atoms with E-state index >= 15 is 0 Å². The number of nitrogens with zero attached hydrogens (tertiary/aromatic N) is 1. The third-order valence-electron chi connectivity index (χ3n) is 0.945. The molecule has 0 aromatic heterocycles. The maximum atomic E-state index is 10.1. The van der Waals surface area contributed by atoms with Gasteiger partial charge in [0.1, 0.15) is 5.75 Å². The number of hydrogen-bond acceptors (Lipinski definition) is 3. The summed E-state index contributed by atoms with van der Waals surface area (Å²) in [7, 11) is -4.38. The van der Waals surface area contributed by atoms with Crippen molar-refractivity contribution in [1.29, 1.82) is 0 Å². The quantitative estimate of drug-likeness (QED) is 0.646. The van der Waals surface area contributed by atoms with E-state index < -0.39 is 10.3 Å². The molecule has 0 unspecified atom stereocenters. The molecule has 4 nitrogen and oxygen atoms in total.